The van der Waals surface area contributed by atoms with Gasteiger partial charge in [0.1, 0.15) is 30.1 Å². The smallest absolute Gasteiger partial charge is 0.319 e. The average molecular weight is 328 g/mol. The van der Waals surface area contributed by atoms with Crippen molar-refractivity contribution >= 4 is 11.7 Å². The molecular formula is C14H20N2O7. The van der Waals surface area contributed by atoms with Crippen LogP contribution in [0.15, 0.2) is 24.3 Å². The second kappa shape index (κ2) is 7.57. The number of ether oxygens (including phenoxy) is 2. The van der Waals surface area contributed by atoms with E-state index in [0.29, 0.717) is 11.4 Å². The Morgan fingerprint density at radius 3 is 2.61 bits per heavy atom. The molecule has 1 heterocycles. The Balaban J connectivity index is 2.02. The molecule has 5 atom stereocenters. The summed E-state index contributed by atoms with van der Waals surface area (Å²) in [4.78, 5) is 12.0. The van der Waals surface area contributed by atoms with Crippen LogP contribution in [0.4, 0.5) is 10.5 Å². The molecule has 23 heavy (non-hydrogen) atoms. The van der Waals surface area contributed by atoms with E-state index in [2.05, 4.69) is 10.6 Å². The van der Waals surface area contributed by atoms with Crippen LogP contribution in [0.5, 0.6) is 5.75 Å². The molecule has 1 aliphatic rings. The largest absolute Gasteiger partial charge is 0.495 e. The number of benzene rings is 1. The van der Waals surface area contributed by atoms with Crippen LogP contribution in [-0.2, 0) is 4.74 Å². The van der Waals surface area contributed by atoms with E-state index in [9.17, 15) is 20.1 Å². The van der Waals surface area contributed by atoms with E-state index in [0.717, 1.165) is 0 Å². The van der Waals surface area contributed by atoms with Crippen molar-refractivity contribution in [2.75, 3.05) is 19.0 Å². The Hall–Kier alpha value is -1.91. The number of methoxy groups -OCH3 is 1. The zero-order valence-electron chi connectivity index (χ0n) is 12.4. The Kier molecular flexibility index (Phi) is 5.74. The van der Waals surface area contributed by atoms with E-state index in [4.69, 9.17) is 14.6 Å². The topological polar surface area (TPSA) is 141 Å². The summed E-state index contributed by atoms with van der Waals surface area (Å²) >= 11 is 0. The molecule has 9 heteroatoms. The molecule has 1 fully saturated rings. The van der Waals surface area contributed by atoms with Crippen LogP contribution in [0.25, 0.3) is 0 Å². The fraction of sp³-hybridized carbons (Fsp3) is 0.500. The van der Waals surface area contributed by atoms with Crippen molar-refractivity contribution in [3.05, 3.63) is 24.3 Å². The second-order valence-electron chi connectivity index (χ2n) is 5.05. The van der Waals surface area contributed by atoms with Crippen LogP contribution < -0.4 is 15.4 Å². The Morgan fingerprint density at radius 1 is 1.26 bits per heavy atom. The van der Waals surface area contributed by atoms with Gasteiger partial charge in [0.2, 0.25) is 0 Å². The van der Waals surface area contributed by atoms with Gasteiger partial charge in [-0.25, -0.2) is 4.79 Å². The van der Waals surface area contributed by atoms with Crippen molar-refractivity contribution in [2.24, 2.45) is 0 Å². The van der Waals surface area contributed by atoms with E-state index in [1.54, 1.807) is 24.3 Å². The van der Waals surface area contributed by atoms with Gasteiger partial charge < -0.3 is 40.5 Å². The van der Waals surface area contributed by atoms with Gasteiger partial charge in [-0.3, -0.25) is 0 Å². The van der Waals surface area contributed by atoms with Crippen LogP contribution in [0.2, 0.25) is 0 Å². The van der Waals surface area contributed by atoms with Gasteiger partial charge in [-0.05, 0) is 12.1 Å². The zero-order valence-corrected chi connectivity index (χ0v) is 12.4. The minimum absolute atomic E-state index is 0.391. The van der Waals surface area contributed by atoms with Crippen molar-refractivity contribution in [3.8, 4) is 5.75 Å². The number of urea groups is 1. The number of para-hydroxylation sites is 2. The molecule has 0 unspecified atom stereocenters. The molecule has 1 aromatic carbocycles. The van der Waals surface area contributed by atoms with E-state index < -0.39 is 43.3 Å². The third kappa shape index (κ3) is 3.89. The monoisotopic (exact) mass is 328 g/mol. The lowest BCUT2D eigenvalue weighted by Crippen LogP contribution is -2.64. The first kappa shape index (κ1) is 17.4. The molecular weight excluding hydrogens is 308 g/mol. The van der Waals surface area contributed by atoms with Crippen LogP contribution in [0.3, 0.4) is 0 Å². The first-order valence-electron chi connectivity index (χ1n) is 6.99. The first-order chi connectivity index (χ1) is 11.0. The molecule has 0 spiro atoms. The Morgan fingerprint density at radius 2 is 1.96 bits per heavy atom. The highest BCUT2D eigenvalue weighted by Gasteiger charge is 2.44. The molecule has 2 rings (SSSR count). The number of aliphatic hydroxyl groups excluding tert-OH is 4. The van der Waals surface area contributed by atoms with E-state index in [-0.39, 0.29) is 0 Å². The average Bonchev–Trinajstić information content (AvgIpc) is 2.55. The van der Waals surface area contributed by atoms with Crippen molar-refractivity contribution in [2.45, 2.75) is 30.6 Å². The lowest BCUT2D eigenvalue weighted by Gasteiger charge is -2.40. The third-order valence-electron chi connectivity index (χ3n) is 3.55. The molecule has 0 aliphatic carbocycles. The lowest BCUT2D eigenvalue weighted by molar-refractivity contribution is -0.252. The summed E-state index contributed by atoms with van der Waals surface area (Å²) in [5, 5.41) is 43.4. The van der Waals surface area contributed by atoms with E-state index >= 15 is 0 Å². The van der Waals surface area contributed by atoms with E-state index in [1.807, 2.05) is 0 Å². The number of aliphatic hydroxyl groups is 4. The summed E-state index contributed by atoms with van der Waals surface area (Å²) in [7, 11) is 1.45. The number of hydrogen-bond donors (Lipinski definition) is 6. The van der Waals surface area contributed by atoms with Crippen LogP contribution >= 0.6 is 0 Å². The van der Waals surface area contributed by atoms with Gasteiger partial charge in [0.25, 0.3) is 0 Å². The Bertz CT molecular complexity index is 542. The standard InChI is InChI=1S/C14H20N2O7/c1-22-8-5-3-2-4-7(8)15-14(21)16-10-12(19)11(18)9(6-17)23-13(10)20/h2-5,9-13,17-20H,6H2,1H3,(H2,15,16,21)/t9-,10-,11-,12-,13+/m1/s1. The van der Waals surface area contributed by atoms with Gasteiger partial charge in [-0.15, -0.1) is 0 Å². The lowest BCUT2D eigenvalue weighted by atomic mass is 9.97. The maximum Gasteiger partial charge on any atom is 0.319 e. The van der Waals surface area contributed by atoms with Crippen LogP contribution in [0, 0.1) is 0 Å². The highest BCUT2D eigenvalue weighted by molar-refractivity contribution is 5.91. The summed E-state index contributed by atoms with van der Waals surface area (Å²) < 4.78 is 10.0. The highest BCUT2D eigenvalue weighted by Crippen LogP contribution is 2.23. The van der Waals surface area contributed by atoms with Crippen molar-refractivity contribution in [1.29, 1.82) is 0 Å². The van der Waals surface area contributed by atoms with Crippen molar-refractivity contribution in [1.82, 2.24) is 5.32 Å². The molecule has 2 amide bonds. The van der Waals surface area contributed by atoms with Gasteiger partial charge in [0, 0.05) is 0 Å². The number of carbonyl (C=O) groups is 1. The summed E-state index contributed by atoms with van der Waals surface area (Å²) in [6.07, 6.45) is -5.65. The molecule has 0 bridgehead atoms. The normalized spacial score (nSPS) is 30.6. The fourth-order valence-corrected chi connectivity index (χ4v) is 2.31. The molecule has 0 saturated carbocycles. The predicted octanol–water partition coefficient (Wildman–Crippen LogP) is -1.38. The fourth-order valence-electron chi connectivity index (χ4n) is 2.31. The second-order valence-corrected chi connectivity index (χ2v) is 5.05. The summed E-state index contributed by atoms with van der Waals surface area (Å²) in [6, 6.07) is 4.70. The molecule has 6 N–H and O–H groups in total. The number of carbonyl (C=O) groups excluding carboxylic acids is 1. The van der Waals surface area contributed by atoms with Gasteiger partial charge in [-0.1, -0.05) is 12.1 Å². The Labute approximate surface area is 132 Å². The first-order valence-corrected chi connectivity index (χ1v) is 6.99. The molecule has 1 saturated heterocycles. The maximum atomic E-state index is 12.0. The van der Waals surface area contributed by atoms with Gasteiger partial charge in [0.05, 0.1) is 19.4 Å². The number of amides is 2. The number of nitrogens with one attached hydrogen (secondary N) is 2. The van der Waals surface area contributed by atoms with Gasteiger partial charge in [-0.2, -0.15) is 0 Å². The summed E-state index contributed by atoms with van der Waals surface area (Å²) in [5.41, 5.74) is 0.391. The molecule has 9 nitrogen and oxygen atoms in total. The molecule has 128 valence electrons. The van der Waals surface area contributed by atoms with Gasteiger partial charge in [0.15, 0.2) is 6.29 Å². The maximum absolute atomic E-state index is 12.0. The molecule has 1 aromatic rings. The number of hydrogen-bond acceptors (Lipinski definition) is 7. The minimum Gasteiger partial charge on any atom is -0.495 e. The predicted molar refractivity (Wildman–Crippen MR) is 78.9 cm³/mol. The molecule has 0 radical (unpaired) electrons. The van der Waals surface area contributed by atoms with Crippen LogP contribution in [-0.4, -0.2) is 70.8 Å². The van der Waals surface area contributed by atoms with Gasteiger partial charge >= 0.3 is 6.03 Å². The van der Waals surface area contributed by atoms with E-state index in [1.165, 1.54) is 7.11 Å². The minimum atomic E-state index is -1.58. The zero-order chi connectivity index (χ0) is 17.0. The molecule has 0 aromatic heterocycles. The third-order valence-corrected chi connectivity index (χ3v) is 3.55. The van der Waals surface area contributed by atoms with Crippen LogP contribution in [0.1, 0.15) is 0 Å². The highest BCUT2D eigenvalue weighted by atomic mass is 16.6. The van der Waals surface area contributed by atoms with Crippen molar-refractivity contribution < 1.29 is 34.7 Å². The number of rotatable bonds is 4. The SMILES string of the molecule is COc1ccccc1NC(=O)N[C@@H]1[C@@H](O)[C@H](O)[C@@H](CO)O[C@@H]1O. The quantitative estimate of drug-likeness (QED) is 0.400. The van der Waals surface area contributed by atoms with Crippen molar-refractivity contribution in [3.63, 3.8) is 0 Å². The number of anilines is 1. The summed E-state index contributed by atoms with van der Waals surface area (Å²) in [6.45, 7) is -0.574. The molecule has 1 aliphatic heterocycles. The summed E-state index contributed by atoms with van der Waals surface area (Å²) in [5.74, 6) is 0.434.